The number of hydrogen-bond acceptors (Lipinski definition) is 2. The van der Waals surface area contributed by atoms with Crippen molar-refractivity contribution in [2.75, 3.05) is 5.32 Å². The van der Waals surface area contributed by atoms with Gasteiger partial charge in [-0.25, -0.2) is 0 Å². The Kier molecular flexibility index (Phi) is 2.19. The van der Waals surface area contributed by atoms with Crippen LogP contribution in [-0.4, -0.2) is 17.0 Å². The molecule has 2 N–H and O–H groups in total. The van der Waals surface area contributed by atoms with Gasteiger partial charge in [-0.3, -0.25) is 9.59 Å². The Morgan fingerprint density at radius 2 is 2.27 bits per heavy atom. The van der Waals surface area contributed by atoms with Gasteiger partial charge in [0.25, 0.3) is 0 Å². The van der Waals surface area contributed by atoms with E-state index in [4.69, 9.17) is 5.11 Å². The molecule has 0 aromatic heterocycles. The summed E-state index contributed by atoms with van der Waals surface area (Å²) in [5, 5.41) is 11.4. The number of rotatable bonds is 2. The summed E-state index contributed by atoms with van der Waals surface area (Å²) in [6, 6.07) is 5.52. The molecule has 1 aliphatic heterocycles. The lowest BCUT2D eigenvalue weighted by atomic mass is 9.93. The van der Waals surface area contributed by atoms with Crippen LogP contribution in [0.4, 0.5) is 5.69 Å². The van der Waals surface area contributed by atoms with Gasteiger partial charge in [-0.15, -0.1) is 0 Å². The normalized spacial score (nSPS) is 18.5. The average molecular weight is 205 g/mol. The van der Waals surface area contributed by atoms with Crippen LogP contribution in [0.3, 0.4) is 0 Å². The molecule has 4 heteroatoms. The maximum Gasteiger partial charge on any atom is 0.304 e. The molecule has 1 amide bonds. The fourth-order valence-electron chi connectivity index (χ4n) is 1.97. The minimum absolute atomic E-state index is 0.149. The summed E-state index contributed by atoms with van der Waals surface area (Å²) >= 11 is 0. The molecule has 0 saturated heterocycles. The SMILES string of the molecule is Cc1cccc2c1C(CC(=O)O)C(=O)N2. The fourth-order valence-corrected chi connectivity index (χ4v) is 1.97. The molecule has 1 atom stereocenters. The highest BCUT2D eigenvalue weighted by Gasteiger charge is 2.33. The van der Waals surface area contributed by atoms with Gasteiger partial charge in [-0.1, -0.05) is 12.1 Å². The highest BCUT2D eigenvalue weighted by Crippen LogP contribution is 2.36. The molecule has 4 nitrogen and oxygen atoms in total. The van der Waals surface area contributed by atoms with Gasteiger partial charge in [0.15, 0.2) is 0 Å². The minimum Gasteiger partial charge on any atom is -0.481 e. The van der Waals surface area contributed by atoms with Gasteiger partial charge in [0.1, 0.15) is 0 Å². The van der Waals surface area contributed by atoms with E-state index < -0.39 is 11.9 Å². The summed E-state index contributed by atoms with van der Waals surface area (Å²) in [7, 11) is 0. The maximum absolute atomic E-state index is 11.5. The fraction of sp³-hybridized carbons (Fsp3) is 0.273. The summed E-state index contributed by atoms with van der Waals surface area (Å²) in [5.41, 5.74) is 2.52. The van der Waals surface area contributed by atoms with Crippen LogP contribution >= 0.6 is 0 Å². The Labute approximate surface area is 86.9 Å². The van der Waals surface area contributed by atoms with Gasteiger partial charge < -0.3 is 10.4 Å². The summed E-state index contributed by atoms with van der Waals surface area (Å²) in [6.07, 6.45) is -0.149. The number of carboxylic acid groups (broad SMARTS) is 1. The molecule has 15 heavy (non-hydrogen) atoms. The molecule has 0 aliphatic carbocycles. The van der Waals surface area contributed by atoms with Crippen molar-refractivity contribution in [2.45, 2.75) is 19.3 Å². The van der Waals surface area contributed by atoms with Gasteiger partial charge in [0, 0.05) is 5.69 Å². The van der Waals surface area contributed by atoms with Crippen molar-refractivity contribution in [3.05, 3.63) is 29.3 Å². The highest BCUT2D eigenvalue weighted by atomic mass is 16.4. The van der Waals surface area contributed by atoms with Gasteiger partial charge in [-0.05, 0) is 24.1 Å². The second-order valence-corrected chi connectivity index (χ2v) is 3.68. The van der Waals surface area contributed by atoms with Gasteiger partial charge in [0.2, 0.25) is 5.91 Å². The topological polar surface area (TPSA) is 66.4 Å². The van der Waals surface area contributed by atoms with Crippen molar-refractivity contribution in [3.63, 3.8) is 0 Å². The first-order chi connectivity index (χ1) is 7.09. The zero-order valence-electron chi connectivity index (χ0n) is 8.28. The number of fused-ring (bicyclic) bond motifs is 1. The first-order valence-electron chi connectivity index (χ1n) is 4.72. The van der Waals surface area contributed by atoms with Crippen LogP contribution < -0.4 is 5.32 Å². The quantitative estimate of drug-likeness (QED) is 0.769. The third-order valence-electron chi connectivity index (χ3n) is 2.63. The van der Waals surface area contributed by atoms with Crippen molar-refractivity contribution in [2.24, 2.45) is 0 Å². The number of carbonyl (C=O) groups is 2. The van der Waals surface area contributed by atoms with E-state index in [0.717, 1.165) is 16.8 Å². The van der Waals surface area contributed by atoms with E-state index in [0.29, 0.717) is 0 Å². The van der Waals surface area contributed by atoms with E-state index >= 15 is 0 Å². The summed E-state index contributed by atoms with van der Waals surface area (Å²) < 4.78 is 0. The molecule has 1 unspecified atom stereocenters. The molecule has 0 spiro atoms. The number of aliphatic carboxylic acids is 1. The molecule has 0 bridgehead atoms. The average Bonchev–Trinajstić information content (AvgIpc) is 2.43. The number of anilines is 1. The van der Waals surface area contributed by atoms with E-state index in [2.05, 4.69) is 5.32 Å². The lowest BCUT2D eigenvalue weighted by molar-refractivity contribution is -0.138. The summed E-state index contributed by atoms with van der Waals surface area (Å²) in [5.74, 6) is -1.72. The lowest BCUT2D eigenvalue weighted by Crippen LogP contribution is -2.15. The van der Waals surface area contributed by atoms with E-state index in [1.54, 1.807) is 6.07 Å². The molecule has 2 rings (SSSR count). The zero-order chi connectivity index (χ0) is 11.0. The maximum atomic E-state index is 11.5. The number of hydrogen-bond donors (Lipinski definition) is 2. The molecule has 1 aromatic rings. The Bertz CT molecular complexity index is 439. The van der Waals surface area contributed by atoms with E-state index in [1.165, 1.54) is 0 Å². The van der Waals surface area contributed by atoms with Crippen LogP contribution in [0.1, 0.15) is 23.5 Å². The second kappa shape index (κ2) is 3.38. The Balaban J connectivity index is 2.44. The molecule has 1 heterocycles. The van der Waals surface area contributed by atoms with Gasteiger partial charge >= 0.3 is 5.97 Å². The van der Waals surface area contributed by atoms with Crippen molar-refractivity contribution in [1.82, 2.24) is 0 Å². The number of carbonyl (C=O) groups excluding carboxylic acids is 1. The van der Waals surface area contributed by atoms with Gasteiger partial charge in [-0.2, -0.15) is 0 Å². The molecular weight excluding hydrogens is 194 g/mol. The van der Waals surface area contributed by atoms with Crippen molar-refractivity contribution in [3.8, 4) is 0 Å². The number of benzene rings is 1. The van der Waals surface area contributed by atoms with Crippen molar-refractivity contribution in [1.29, 1.82) is 0 Å². The molecule has 0 saturated carbocycles. The molecule has 0 radical (unpaired) electrons. The van der Waals surface area contributed by atoms with Crippen LogP contribution in [0.25, 0.3) is 0 Å². The number of amides is 1. The summed E-state index contributed by atoms with van der Waals surface area (Å²) in [6.45, 7) is 1.88. The van der Waals surface area contributed by atoms with E-state index in [-0.39, 0.29) is 12.3 Å². The molecule has 1 aliphatic rings. The third kappa shape index (κ3) is 1.58. The lowest BCUT2D eigenvalue weighted by Gasteiger charge is -2.07. The van der Waals surface area contributed by atoms with Gasteiger partial charge in [0.05, 0.1) is 12.3 Å². The van der Waals surface area contributed by atoms with Crippen LogP contribution in [0.5, 0.6) is 0 Å². The van der Waals surface area contributed by atoms with Crippen LogP contribution in [-0.2, 0) is 9.59 Å². The second-order valence-electron chi connectivity index (χ2n) is 3.68. The van der Waals surface area contributed by atoms with Crippen molar-refractivity contribution >= 4 is 17.6 Å². The molecule has 0 fully saturated rings. The number of aryl methyl sites for hydroxylation is 1. The van der Waals surface area contributed by atoms with E-state index in [9.17, 15) is 9.59 Å². The zero-order valence-corrected chi connectivity index (χ0v) is 8.28. The Hall–Kier alpha value is -1.84. The molecule has 1 aromatic carbocycles. The number of nitrogens with one attached hydrogen (secondary N) is 1. The third-order valence-corrected chi connectivity index (χ3v) is 2.63. The number of carboxylic acids is 1. The Morgan fingerprint density at radius 1 is 1.53 bits per heavy atom. The van der Waals surface area contributed by atoms with E-state index in [1.807, 2.05) is 19.1 Å². The predicted molar refractivity (Wildman–Crippen MR) is 54.8 cm³/mol. The summed E-state index contributed by atoms with van der Waals surface area (Å²) in [4.78, 5) is 22.2. The highest BCUT2D eigenvalue weighted by molar-refractivity contribution is 6.04. The minimum atomic E-state index is -0.953. The Morgan fingerprint density at radius 3 is 2.93 bits per heavy atom. The molecular formula is C11H11NO3. The first kappa shape index (κ1) is 9.71. The van der Waals surface area contributed by atoms with Crippen LogP contribution in [0.2, 0.25) is 0 Å². The smallest absolute Gasteiger partial charge is 0.304 e. The monoisotopic (exact) mass is 205 g/mol. The standard InChI is InChI=1S/C11H11NO3/c1-6-3-2-4-8-10(6)7(5-9(13)14)11(15)12-8/h2-4,7H,5H2,1H3,(H,12,15)(H,13,14). The first-order valence-corrected chi connectivity index (χ1v) is 4.72. The molecule has 78 valence electrons. The predicted octanol–water partition coefficient (Wildman–Crippen LogP) is 1.51. The van der Waals surface area contributed by atoms with Crippen molar-refractivity contribution < 1.29 is 14.7 Å². The van der Waals surface area contributed by atoms with Crippen LogP contribution in [0, 0.1) is 6.92 Å². The largest absolute Gasteiger partial charge is 0.481 e. The van der Waals surface area contributed by atoms with Crippen LogP contribution in [0.15, 0.2) is 18.2 Å².